The number of pyridine rings is 1. The van der Waals surface area contributed by atoms with Crippen molar-refractivity contribution in [3.05, 3.63) is 52.8 Å². The maximum atomic E-state index is 12.3. The summed E-state index contributed by atoms with van der Waals surface area (Å²) in [5.41, 5.74) is 1.62. The number of halogens is 1. The van der Waals surface area contributed by atoms with Crippen LogP contribution in [-0.2, 0) is 20.9 Å². The van der Waals surface area contributed by atoms with Crippen LogP contribution in [0.3, 0.4) is 0 Å². The third kappa shape index (κ3) is 3.34. The largest absolute Gasteiger partial charge is 0.465 e. The second kappa shape index (κ2) is 6.94. The molecule has 0 atom stereocenters. The van der Waals surface area contributed by atoms with Crippen LogP contribution in [0.5, 0.6) is 0 Å². The van der Waals surface area contributed by atoms with Crippen molar-refractivity contribution in [2.45, 2.75) is 13.5 Å². The molecule has 25 heavy (non-hydrogen) atoms. The predicted octanol–water partition coefficient (Wildman–Crippen LogP) is 4.00. The van der Waals surface area contributed by atoms with Gasteiger partial charge in [-0.3, -0.25) is 4.79 Å². The summed E-state index contributed by atoms with van der Waals surface area (Å²) in [4.78, 5) is 27.5. The first kappa shape index (κ1) is 17.0. The highest BCUT2D eigenvalue weighted by molar-refractivity contribution is 6.34. The molecule has 0 fully saturated rings. The van der Waals surface area contributed by atoms with E-state index in [4.69, 9.17) is 25.5 Å². The molecule has 0 aliphatic carbocycles. The summed E-state index contributed by atoms with van der Waals surface area (Å²) in [7, 11) is 1.29. The van der Waals surface area contributed by atoms with Crippen LogP contribution in [0.1, 0.15) is 23.0 Å². The summed E-state index contributed by atoms with van der Waals surface area (Å²) in [6.45, 7) is 1.24. The molecule has 0 bridgehead atoms. The fraction of sp³-hybridized carbons (Fsp3) is 0.167. The summed E-state index contributed by atoms with van der Waals surface area (Å²) in [5.74, 6) is -0.655. The van der Waals surface area contributed by atoms with E-state index in [1.807, 2.05) is 30.3 Å². The van der Waals surface area contributed by atoms with Gasteiger partial charge in [-0.15, -0.1) is 0 Å². The standard InChI is InChI=1S/C18H14ClNO5/c1-10(21)24-9-12-8-13-14(18(22)23-2)15(11-6-4-3-5-7-11)25-16(13)17(19)20-12/h3-8H,9H2,1-2H3. The molecule has 3 aromatic rings. The minimum atomic E-state index is -0.557. The fourth-order valence-corrected chi connectivity index (χ4v) is 2.71. The number of fused-ring (bicyclic) bond motifs is 1. The van der Waals surface area contributed by atoms with E-state index in [0.717, 1.165) is 0 Å². The molecule has 128 valence electrons. The molecule has 7 heteroatoms. The topological polar surface area (TPSA) is 78.6 Å². The molecule has 0 saturated heterocycles. The van der Waals surface area contributed by atoms with E-state index in [9.17, 15) is 9.59 Å². The molecule has 3 rings (SSSR count). The summed E-state index contributed by atoms with van der Waals surface area (Å²) in [6, 6.07) is 10.7. The van der Waals surface area contributed by atoms with Gasteiger partial charge in [-0.25, -0.2) is 9.78 Å². The number of ether oxygens (including phenoxy) is 2. The molecular weight excluding hydrogens is 346 g/mol. The minimum absolute atomic E-state index is 0.0581. The number of rotatable bonds is 4. The van der Waals surface area contributed by atoms with E-state index in [2.05, 4.69) is 4.98 Å². The second-order valence-corrected chi connectivity index (χ2v) is 5.58. The first-order valence-electron chi connectivity index (χ1n) is 7.40. The molecule has 0 aliphatic rings. The van der Waals surface area contributed by atoms with Gasteiger partial charge in [-0.1, -0.05) is 41.9 Å². The van der Waals surface area contributed by atoms with E-state index < -0.39 is 11.9 Å². The van der Waals surface area contributed by atoms with Gasteiger partial charge < -0.3 is 13.9 Å². The van der Waals surface area contributed by atoms with Gasteiger partial charge in [-0.2, -0.15) is 0 Å². The lowest BCUT2D eigenvalue weighted by Crippen LogP contribution is -2.03. The summed E-state index contributed by atoms with van der Waals surface area (Å²) in [6.07, 6.45) is 0. The van der Waals surface area contributed by atoms with Gasteiger partial charge in [0.25, 0.3) is 0 Å². The van der Waals surface area contributed by atoms with Crippen molar-refractivity contribution in [1.82, 2.24) is 4.98 Å². The number of methoxy groups -OCH3 is 1. The van der Waals surface area contributed by atoms with Crippen LogP contribution in [0.15, 0.2) is 40.8 Å². The van der Waals surface area contributed by atoms with Crippen molar-refractivity contribution < 1.29 is 23.5 Å². The molecule has 6 nitrogen and oxygen atoms in total. The summed E-state index contributed by atoms with van der Waals surface area (Å²) < 4.78 is 15.7. The van der Waals surface area contributed by atoms with Crippen LogP contribution in [0, 0.1) is 0 Å². The summed E-state index contributed by atoms with van der Waals surface area (Å²) >= 11 is 6.20. The predicted molar refractivity (Wildman–Crippen MR) is 91.3 cm³/mol. The zero-order valence-electron chi connectivity index (χ0n) is 13.5. The molecule has 0 spiro atoms. The Morgan fingerprint density at radius 1 is 1.24 bits per heavy atom. The van der Waals surface area contributed by atoms with Gasteiger partial charge in [0.15, 0.2) is 10.7 Å². The normalized spacial score (nSPS) is 10.7. The van der Waals surface area contributed by atoms with E-state index in [0.29, 0.717) is 22.4 Å². The van der Waals surface area contributed by atoms with Gasteiger partial charge in [-0.05, 0) is 6.07 Å². The third-order valence-electron chi connectivity index (χ3n) is 3.53. The second-order valence-electron chi connectivity index (χ2n) is 5.23. The molecule has 0 saturated carbocycles. The molecule has 2 aromatic heterocycles. The van der Waals surface area contributed by atoms with E-state index in [1.165, 1.54) is 14.0 Å². The van der Waals surface area contributed by atoms with Crippen LogP contribution in [-0.4, -0.2) is 24.0 Å². The first-order valence-corrected chi connectivity index (χ1v) is 7.78. The van der Waals surface area contributed by atoms with Gasteiger partial charge in [0, 0.05) is 17.9 Å². The molecule has 2 heterocycles. The Bertz CT molecular complexity index is 949. The number of benzene rings is 1. The number of aromatic nitrogens is 1. The van der Waals surface area contributed by atoms with Crippen LogP contribution in [0.4, 0.5) is 0 Å². The van der Waals surface area contributed by atoms with Crippen LogP contribution >= 0.6 is 11.6 Å². The van der Waals surface area contributed by atoms with E-state index in [-0.39, 0.29) is 22.9 Å². The molecule has 0 unspecified atom stereocenters. The Morgan fingerprint density at radius 3 is 2.60 bits per heavy atom. The highest BCUT2D eigenvalue weighted by Crippen LogP contribution is 2.37. The lowest BCUT2D eigenvalue weighted by atomic mass is 10.1. The molecule has 0 amide bonds. The lowest BCUT2D eigenvalue weighted by Gasteiger charge is -2.03. The zero-order valence-corrected chi connectivity index (χ0v) is 14.3. The number of carbonyl (C=O) groups is 2. The van der Waals surface area contributed by atoms with Crippen molar-refractivity contribution in [2.24, 2.45) is 0 Å². The van der Waals surface area contributed by atoms with Gasteiger partial charge in [0.05, 0.1) is 12.8 Å². The zero-order chi connectivity index (χ0) is 18.0. The van der Waals surface area contributed by atoms with Crippen molar-refractivity contribution >= 4 is 34.5 Å². The quantitative estimate of drug-likeness (QED) is 0.517. The van der Waals surface area contributed by atoms with Crippen molar-refractivity contribution in [3.63, 3.8) is 0 Å². The van der Waals surface area contributed by atoms with E-state index >= 15 is 0 Å². The number of hydrogen-bond donors (Lipinski definition) is 0. The van der Waals surface area contributed by atoms with Crippen LogP contribution in [0.2, 0.25) is 5.15 Å². The molecule has 0 N–H and O–H groups in total. The fourth-order valence-electron chi connectivity index (χ4n) is 2.46. The maximum Gasteiger partial charge on any atom is 0.342 e. The first-order chi connectivity index (χ1) is 12.0. The highest BCUT2D eigenvalue weighted by Gasteiger charge is 2.25. The monoisotopic (exact) mass is 359 g/mol. The van der Waals surface area contributed by atoms with Crippen molar-refractivity contribution in [1.29, 1.82) is 0 Å². The SMILES string of the molecule is COC(=O)c1c(-c2ccccc2)oc2c(Cl)nc(COC(C)=O)cc12. The Morgan fingerprint density at radius 2 is 1.96 bits per heavy atom. The number of furan rings is 1. The Kier molecular flexibility index (Phi) is 4.72. The van der Waals surface area contributed by atoms with Gasteiger partial charge >= 0.3 is 11.9 Å². The number of carbonyl (C=O) groups excluding carboxylic acids is 2. The molecular formula is C18H14ClNO5. The maximum absolute atomic E-state index is 12.3. The molecule has 1 aromatic carbocycles. The Hall–Kier alpha value is -2.86. The van der Waals surface area contributed by atoms with Crippen molar-refractivity contribution in [3.8, 4) is 11.3 Å². The Balaban J connectivity index is 2.22. The van der Waals surface area contributed by atoms with Crippen LogP contribution < -0.4 is 0 Å². The number of nitrogens with zero attached hydrogens (tertiary/aromatic N) is 1. The smallest absolute Gasteiger partial charge is 0.342 e. The van der Waals surface area contributed by atoms with Gasteiger partial charge in [0.1, 0.15) is 17.9 Å². The average Bonchev–Trinajstić information content (AvgIpc) is 3.00. The number of hydrogen-bond acceptors (Lipinski definition) is 6. The number of esters is 2. The van der Waals surface area contributed by atoms with E-state index in [1.54, 1.807) is 6.07 Å². The van der Waals surface area contributed by atoms with Crippen LogP contribution in [0.25, 0.3) is 22.3 Å². The highest BCUT2D eigenvalue weighted by atomic mass is 35.5. The minimum Gasteiger partial charge on any atom is -0.465 e. The molecule has 0 radical (unpaired) electrons. The van der Waals surface area contributed by atoms with Gasteiger partial charge in [0.2, 0.25) is 0 Å². The third-order valence-corrected chi connectivity index (χ3v) is 3.79. The average molecular weight is 360 g/mol. The summed E-state index contributed by atoms with van der Waals surface area (Å²) in [5, 5.41) is 0.528. The Labute approximate surface area is 148 Å². The van der Waals surface area contributed by atoms with Crippen molar-refractivity contribution in [2.75, 3.05) is 7.11 Å². The molecule has 0 aliphatic heterocycles. The lowest BCUT2D eigenvalue weighted by molar-refractivity contribution is -0.142.